The average Bonchev–Trinajstić information content (AvgIpc) is 2.49. The van der Waals surface area contributed by atoms with E-state index in [9.17, 15) is 23.1 Å². The van der Waals surface area contributed by atoms with E-state index >= 15 is 0 Å². The van der Waals surface area contributed by atoms with Crippen LogP contribution in [0.2, 0.25) is 0 Å². The van der Waals surface area contributed by atoms with Gasteiger partial charge in [-0.2, -0.15) is 0 Å². The number of amides is 1. The van der Waals surface area contributed by atoms with Gasteiger partial charge in [0.25, 0.3) is 0 Å². The van der Waals surface area contributed by atoms with Crippen LogP contribution in [0.3, 0.4) is 0 Å². The molecule has 7 heteroatoms. The van der Waals surface area contributed by atoms with Crippen molar-refractivity contribution in [2.75, 3.05) is 11.5 Å². The second-order valence-electron chi connectivity index (χ2n) is 8.58. The number of hydrogen-bond acceptors (Lipinski definition) is 4. The van der Waals surface area contributed by atoms with Crippen LogP contribution in [0.4, 0.5) is 0 Å². The van der Waals surface area contributed by atoms with Gasteiger partial charge in [-0.3, -0.25) is 4.79 Å². The molecule has 1 atom stereocenters. The molecular formula is C18H29NO5S. The summed E-state index contributed by atoms with van der Waals surface area (Å²) in [5.41, 5.74) is 0.0530. The highest BCUT2D eigenvalue weighted by atomic mass is 32.2. The van der Waals surface area contributed by atoms with Crippen LogP contribution in [-0.2, 0) is 19.4 Å². The van der Waals surface area contributed by atoms with Crippen molar-refractivity contribution in [2.45, 2.75) is 64.3 Å². The Labute approximate surface area is 149 Å². The minimum absolute atomic E-state index is 0.0133. The number of carboxylic acids is 1. The van der Waals surface area contributed by atoms with Crippen LogP contribution >= 0.6 is 0 Å². The molecule has 4 fully saturated rings. The van der Waals surface area contributed by atoms with Crippen molar-refractivity contribution in [3.63, 3.8) is 0 Å². The number of hydrogen-bond donors (Lipinski definition) is 2. The predicted molar refractivity (Wildman–Crippen MR) is 93.7 cm³/mol. The Morgan fingerprint density at radius 2 is 1.64 bits per heavy atom. The molecule has 0 radical (unpaired) electrons. The minimum atomic E-state index is -3.24. The van der Waals surface area contributed by atoms with Crippen molar-refractivity contribution in [3.05, 3.63) is 0 Å². The molecule has 1 amide bonds. The molecule has 4 aliphatic rings. The molecule has 1 unspecified atom stereocenters. The Balaban J connectivity index is 1.58. The van der Waals surface area contributed by atoms with Crippen molar-refractivity contribution in [3.8, 4) is 0 Å². The number of rotatable bonds is 8. The van der Waals surface area contributed by atoms with Crippen molar-refractivity contribution in [2.24, 2.45) is 23.2 Å². The molecule has 0 spiro atoms. The first-order valence-corrected chi connectivity index (χ1v) is 11.2. The summed E-state index contributed by atoms with van der Waals surface area (Å²) >= 11 is 0. The SMILES string of the molecule is CCS(=O)(=O)CCC(NC(=O)CC12CC3CC(CC(C3)C1)C2)C(=O)O. The van der Waals surface area contributed by atoms with Crippen LogP contribution in [-0.4, -0.2) is 42.9 Å². The smallest absolute Gasteiger partial charge is 0.326 e. The van der Waals surface area contributed by atoms with Gasteiger partial charge in [0.1, 0.15) is 15.9 Å². The summed E-state index contributed by atoms with van der Waals surface area (Å²) in [6.45, 7) is 1.54. The van der Waals surface area contributed by atoms with Gasteiger partial charge in [0.05, 0.1) is 5.75 Å². The van der Waals surface area contributed by atoms with Gasteiger partial charge in [-0.25, -0.2) is 13.2 Å². The quantitative estimate of drug-likeness (QED) is 0.679. The van der Waals surface area contributed by atoms with E-state index in [0.29, 0.717) is 6.42 Å². The maximum Gasteiger partial charge on any atom is 0.326 e. The lowest BCUT2D eigenvalue weighted by Crippen LogP contribution is -2.49. The molecule has 4 rings (SSSR count). The zero-order valence-corrected chi connectivity index (χ0v) is 15.7. The third-order valence-corrected chi connectivity index (χ3v) is 8.23. The van der Waals surface area contributed by atoms with Crippen molar-refractivity contribution < 1.29 is 23.1 Å². The van der Waals surface area contributed by atoms with Crippen LogP contribution in [0.1, 0.15) is 58.3 Å². The first-order valence-electron chi connectivity index (χ1n) is 9.43. The summed E-state index contributed by atoms with van der Waals surface area (Å²) < 4.78 is 23.2. The predicted octanol–water partition coefficient (Wildman–Crippen LogP) is 1.99. The van der Waals surface area contributed by atoms with Crippen LogP contribution in [0, 0.1) is 23.2 Å². The summed E-state index contributed by atoms with van der Waals surface area (Å²) in [6.07, 6.45) is 7.49. The van der Waals surface area contributed by atoms with E-state index in [2.05, 4.69) is 5.32 Å². The number of nitrogens with one attached hydrogen (secondary N) is 1. The Morgan fingerprint density at radius 1 is 1.12 bits per heavy atom. The molecule has 0 aliphatic heterocycles. The maximum atomic E-state index is 12.5. The molecule has 0 aromatic rings. The fourth-order valence-corrected chi connectivity index (χ4v) is 6.68. The Morgan fingerprint density at radius 3 is 2.08 bits per heavy atom. The van der Waals surface area contributed by atoms with Gasteiger partial charge < -0.3 is 10.4 Å². The molecular weight excluding hydrogens is 342 g/mol. The lowest BCUT2D eigenvalue weighted by atomic mass is 9.49. The molecule has 2 N–H and O–H groups in total. The Hall–Kier alpha value is -1.11. The molecule has 142 valence electrons. The molecule has 4 bridgehead atoms. The highest BCUT2D eigenvalue weighted by molar-refractivity contribution is 7.91. The molecule has 25 heavy (non-hydrogen) atoms. The van der Waals surface area contributed by atoms with Crippen LogP contribution in [0.5, 0.6) is 0 Å². The summed E-state index contributed by atoms with van der Waals surface area (Å²) in [7, 11) is -3.24. The van der Waals surface area contributed by atoms with E-state index in [1.54, 1.807) is 0 Å². The van der Waals surface area contributed by atoms with Crippen molar-refractivity contribution in [1.29, 1.82) is 0 Å². The first kappa shape index (κ1) is 18.7. The zero-order chi connectivity index (χ0) is 18.2. The Kier molecular flexibility index (Phi) is 5.15. The first-order chi connectivity index (χ1) is 11.7. The van der Waals surface area contributed by atoms with Gasteiger partial charge in [0.15, 0.2) is 0 Å². The number of sulfone groups is 1. The van der Waals surface area contributed by atoms with Gasteiger partial charge in [-0.15, -0.1) is 0 Å². The highest BCUT2D eigenvalue weighted by Crippen LogP contribution is 2.61. The van der Waals surface area contributed by atoms with Crippen LogP contribution in [0.15, 0.2) is 0 Å². The fourth-order valence-electron chi connectivity index (χ4n) is 5.79. The second kappa shape index (κ2) is 6.89. The van der Waals surface area contributed by atoms with Gasteiger partial charge in [-0.1, -0.05) is 6.92 Å². The van der Waals surface area contributed by atoms with E-state index in [1.165, 1.54) is 26.2 Å². The molecule has 0 aromatic carbocycles. The number of aliphatic carboxylic acids is 1. The normalized spacial score (nSPS) is 34.7. The summed E-state index contributed by atoms with van der Waals surface area (Å²) in [6, 6.07) is -1.12. The average molecular weight is 371 g/mol. The number of carboxylic acid groups (broad SMARTS) is 1. The van der Waals surface area contributed by atoms with E-state index in [4.69, 9.17) is 0 Å². The fraction of sp³-hybridized carbons (Fsp3) is 0.889. The van der Waals surface area contributed by atoms with E-state index in [0.717, 1.165) is 37.0 Å². The monoisotopic (exact) mass is 371 g/mol. The van der Waals surface area contributed by atoms with E-state index < -0.39 is 21.8 Å². The van der Waals surface area contributed by atoms with Crippen molar-refractivity contribution in [1.82, 2.24) is 5.32 Å². The molecule has 0 heterocycles. The number of carbonyl (C=O) groups excluding carboxylic acids is 1. The highest BCUT2D eigenvalue weighted by Gasteiger charge is 2.51. The van der Waals surface area contributed by atoms with Crippen LogP contribution in [0.25, 0.3) is 0 Å². The molecule has 6 nitrogen and oxygen atoms in total. The maximum absolute atomic E-state index is 12.5. The third kappa shape index (κ3) is 4.36. The standard InChI is InChI=1S/C18H29NO5S/c1-2-25(23,24)4-3-15(17(21)22)19-16(20)11-18-8-12-5-13(9-18)7-14(6-12)10-18/h12-15H,2-11H2,1H3,(H,19,20)(H,21,22). The topological polar surface area (TPSA) is 101 Å². The van der Waals surface area contributed by atoms with Crippen molar-refractivity contribution >= 4 is 21.7 Å². The van der Waals surface area contributed by atoms with Crippen LogP contribution < -0.4 is 5.32 Å². The summed E-state index contributed by atoms with van der Waals surface area (Å²) in [5, 5.41) is 11.9. The van der Waals surface area contributed by atoms with Gasteiger partial charge in [0.2, 0.25) is 5.91 Å². The summed E-state index contributed by atoms with van der Waals surface area (Å²) in [4.78, 5) is 23.9. The van der Waals surface area contributed by atoms with Gasteiger partial charge >= 0.3 is 5.97 Å². The second-order valence-corrected chi connectivity index (χ2v) is 11.1. The summed E-state index contributed by atoms with van der Waals surface area (Å²) in [5.74, 6) is 0.601. The Bertz CT molecular complexity index is 607. The lowest BCUT2D eigenvalue weighted by Gasteiger charge is -2.56. The van der Waals surface area contributed by atoms with E-state index in [1.807, 2.05) is 0 Å². The molecule has 4 saturated carbocycles. The third-order valence-electron chi connectivity index (χ3n) is 6.49. The number of carbonyl (C=O) groups is 2. The largest absolute Gasteiger partial charge is 0.480 e. The minimum Gasteiger partial charge on any atom is -0.480 e. The molecule has 4 aliphatic carbocycles. The van der Waals surface area contributed by atoms with Gasteiger partial charge in [0, 0.05) is 12.2 Å². The molecule has 0 aromatic heterocycles. The molecule has 0 saturated heterocycles. The van der Waals surface area contributed by atoms with E-state index in [-0.39, 0.29) is 29.2 Å². The zero-order valence-electron chi connectivity index (χ0n) is 14.9. The van der Waals surface area contributed by atoms with Gasteiger partial charge in [-0.05, 0) is 68.1 Å². The lowest BCUT2D eigenvalue weighted by molar-refractivity contribution is -0.143.